The van der Waals surface area contributed by atoms with Gasteiger partial charge in [0.1, 0.15) is 0 Å². The number of rotatable bonds is 2. The minimum absolute atomic E-state index is 0.136. The minimum Gasteiger partial charge on any atom is -0.0831 e. The molecule has 0 radical (unpaired) electrons. The van der Waals surface area contributed by atoms with E-state index in [9.17, 15) is 0 Å². The number of hydrogen-bond donors (Lipinski definition) is 0. The summed E-state index contributed by atoms with van der Waals surface area (Å²) in [5.41, 5.74) is 3.77. The first kappa shape index (κ1) is 15.1. The minimum atomic E-state index is 0.136. The summed E-state index contributed by atoms with van der Waals surface area (Å²) in [6, 6.07) is 18.9. The molecule has 0 aliphatic carbocycles. The van der Waals surface area contributed by atoms with E-state index in [4.69, 9.17) is 11.6 Å². The van der Waals surface area contributed by atoms with Crippen molar-refractivity contribution in [2.45, 2.75) is 11.8 Å². The molecule has 0 saturated carbocycles. The zero-order valence-corrected chi connectivity index (χ0v) is 15.3. The molecule has 0 bridgehead atoms. The van der Waals surface area contributed by atoms with Crippen LogP contribution < -0.4 is 0 Å². The number of fused-ring (bicyclic) bond motifs is 1. The van der Waals surface area contributed by atoms with E-state index in [-0.39, 0.29) is 4.83 Å². The van der Waals surface area contributed by atoms with Crippen LogP contribution in [0.3, 0.4) is 0 Å². The lowest BCUT2D eigenvalue weighted by atomic mass is 9.94. The number of hydrogen-bond acceptors (Lipinski definition) is 0. The maximum atomic E-state index is 6.10. The highest BCUT2D eigenvalue weighted by Crippen LogP contribution is 2.39. The molecule has 0 aliphatic heterocycles. The molecular formula is C18H13Br2Cl. The van der Waals surface area contributed by atoms with E-state index < -0.39 is 0 Å². The van der Waals surface area contributed by atoms with Crippen molar-refractivity contribution >= 4 is 54.2 Å². The second kappa shape index (κ2) is 6.12. The first-order valence-corrected chi connectivity index (χ1v) is 8.74. The van der Waals surface area contributed by atoms with Crippen LogP contribution in [0.25, 0.3) is 10.8 Å². The molecule has 3 aromatic rings. The van der Waals surface area contributed by atoms with Crippen molar-refractivity contribution in [1.29, 1.82) is 0 Å². The Balaban J connectivity index is 2.19. The summed E-state index contributed by atoms with van der Waals surface area (Å²) in [4.78, 5) is 0.136. The molecule has 0 spiro atoms. The molecule has 0 heterocycles. The van der Waals surface area contributed by atoms with E-state index in [1.165, 1.54) is 27.5 Å². The lowest BCUT2D eigenvalue weighted by Crippen LogP contribution is -1.97. The largest absolute Gasteiger partial charge is 0.0831 e. The summed E-state index contributed by atoms with van der Waals surface area (Å²) in [6.07, 6.45) is 0. The monoisotopic (exact) mass is 422 g/mol. The molecule has 0 saturated heterocycles. The molecule has 0 amide bonds. The highest BCUT2D eigenvalue weighted by Gasteiger charge is 2.16. The van der Waals surface area contributed by atoms with E-state index in [1.54, 1.807) is 0 Å². The van der Waals surface area contributed by atoms with Gasteiger partial charge in [-0.15, -0.1) is 0 Å². The van der Waals surface area contributed by atoms with Crippen LogP contribution in [0.15, 0.2) is 59.1 Å². The fourth-order valence-corrected chi connectivity index (χ4v) is 3.98. The maximum Gasteiger partial charge on any atom is 0.0653 e. The zero-order valence-electron chi connectivity index (χ0n) is 11.4. The lowest BCUT2D eigenvalue weighted by Gasteiger charge is -2.17. The van der Waals surface area contributed by atoms with E-state index in [0.29, 0.717) is 0 Å². The first-order chi connectivity index (χ1) is 10.1. The van der Waals surface area contributed by atoms with E-state index in [2.05, 4.69) is 87.3 Å². The molecule has 1 unspecified atom stereocenters. The summed E-state index contributed by atoms with van der Waals surface area (Å²) in [5, 5.41) is 3.27. The van der Waals surface area contributed by atoms with Gasteiger partial charge in [-0.1, -0.05) is 70.0 Å². The van der Waals surface area contributed by atoms with Gasteiger partial charge in [0.25, 0.3) is 0 Å². The summed E-state index contributed by atoms with van der Waals surface area (Å²) >= 11 is 13.5. The van der Waals surface area contributed by atoms with Gasteiger partial charge in [-0.05, 0) is 62.4 Å². The van der Waals surface area contributed by atoms with Crippen molar-refractivity contribution < 1.29 is 0 Å². The van der Waals surface area contributed by atoms with Crippen LogP contribution in [0.4, 0.5) is 0 Å². The Morgan fingerprint density at radius 2 is 1.76 bits per heavy atom. The van der Waals surface area contributed by atoms with Crippen LogP contribution >= 0.6 is 43.5 Å². The molecule has 0 aromatic heterocycles. The molecule has 21 heavy (non-hydrogen) atoms. The van der Waals surface area contributed by atoms with Gasteiger partial charge >= 0.3 is 0 Å². The SMILES string of the molecule is Cc1ccc2ccccc2c1C(Br)c1ccc(Cl)c(Br)c1. The Bertz CT molecular complexity index is 811. The topological polar surface area (TPSA) is 0 Å². The highest BCUT2D eigenvalue weighted by atomic mass is 79.9. The average molecular weight is 425 g/mol. The summed E-state index contributed by atoms with van der Waals surface area (Å²) in [5.74, 6) is 0. The normalized spacial score (nSPS) is 12.6. The van der Waals surface area contributed by atoms with Crippen LogP contribution in [-0.4, -0.2) is 0 Å². The van der Waals surface area contributed by atoms with Gasteiger partial charge in [0.15, 0.2) is 0 Å². The smallest absolute Gasteiger partial charge is 0.0653 e. The molecule has 0 nitrogen and oxygen atoms in total. The van der Waals surface area contributed by atoms with E-state index in [0.717, 1.165) is 9.50 Å². The second-order valence-electron chi connectivity index (χ2n) is 5.05. The van der Waals surface area contributed by atoms with Crippen LogP contribution in [0.2, 0.25) is 5.02 Å². The Morgan fingerprint density at radius 1 is 1.00 bits per heavy atom. The lowest BCUT2D eigenvalue weighted by molar-refractivity contribution is 1.16. The summed E-state index contributed by atoms with van der Waals surface area (Å²) in [6.45, 7) is 2.15. The van der Waals surface area contributed by atoms with Crippen molar-refractivity contribution in [3.63, 3.8) is 0 Å². The Morgan fingerprint density at radius 3 is 2.52 bits per heavy atom. The highest BCUT2D eigenvalue weighted by molar-refractivity contribution is 9.10. The van der Waals surface area contributed by atoms with Gasteiger partial charge in [-0.3, -0.25) is 0 Å². The van der Waals surface area contributed by atoms with Gasteiger partial charge in [0.05, 0.1) is 9.85 Å². The Labute approximate surface area is 146 Å². The van der Waals surface area contributed by atoms with Gasteiger partial charge < -0.3 is 0 Å². The molecule has 3 heteroatoms. The van der Waals surface area contributed by atoms with Crippen LogP contribution in [-0.2, 0) is 0 Å². The molecule has 3 rings (SSSR count). The van der Waals surface area contributed by atoms with Gasteiger partial charge in [-0.25, -0.2) is 0 Å². The standard InChI is InChI=1S/C18H13Br2Cl/c1-11-6-7-12-4-2-3-5-14(12)17(11)18(20)13-8-9-16(21)15(19)10-13/h2-10,18H,1H3. The zero-order chi connectivity index (χ0) is 15.0. The van der Waals surface area contributed by atoms with E-state index in [1.807, 2.05) is 6.07 Å². The van der Waals surface area contributed by atoms with Gasteiger partial charge in [-0.2, -0.15) is 0 Å². The van der Waals surface area contributed by atoms with Crippen molar-refractivity contribution in [1.82, 2.24) is 0 Å². The number of benzene rings is 3. The summed E-state index contributed by atoms with van der Waals surface area (Å²) in [7, 11) is 0. The van der Waals surface area contributed by atoms with Crippen LogP contribution in [0, 0.1) is 6.92 Å². The van der Waals surface area contributed by atoms with Gasteiger partial charge in [0, 0.05) is 4.47 Å². The fraction of sp³-hybridized carbons (Fsp3) is 0.111. The molecule has 0 N–H and O–H groups in total. The number of aryl methyl sites for hydroxylation is 1. The Hall–Kier alpha value is -0.830. The third-order valence-corrected chi connectivity index (χ3v) is 5.88. The van der Waals surface area contributed by atoms with Crippen molar-refractivity contribution in [2.75, 3.05) is 0 Å². The molecule has 0 fully saturated rings. The molecule has 1 atom stereocenters. The molecule has 3 aromatic carbocycles. The van der Waals surface area contributed by atoms with Gasteiger partial charge in [0.2, 0.25) is 0 Å². The van der Waals surface area contributed by atoms with Crippen molar-refractivity contribution in [2.24, 2.45) is 0 Å². The predicted octanol–water partition coefficient (Wildman–Crippen LogP) is 7.05. The second-order valence-corrected chi connectivity index (χ2v) is 7.23. The summed E-state index contributed by atoms with van der Waals surface area (Å²) < 4.78 is 0.920. The Kier molecular flexibility index (Phi) is 4.39. The fourth-order valence-electron chi connectivity index (χ4n) is 2.58. The third kappa shape index (κ3) is 2.90. The van der Waals surface area contributed by atoms with Crippen LogP contribution in [0.5, 0.6) is 0 Å². The predicted molar refractivity (Wildman–Crippen MR) is 98.6 cm³/mol. The van der Waals surface area contributed by atoms with Crippen molar-refractivity contribution in [3.8, 4) is 0 Å². The molecule has 0 aliphatic rings. The number of alkyl halides is 1. The molecular weight excluding hydrogens is 411 g/mol. The van der Waals surface area contributed by atoms with Crippen molar-refractivity contribution in [3.05, 3.63) is 80.8 Å². The third-order valence-electron chi connectivity index (χ3n) is 3.68. The van der Waals surface area contributed by atoms with E-state index >= 15 is 0 Å². The molecule has 106 valence electrons. The average Bonchev–Trinajstić information content (AvgIpc) is 2.49. The number of halogens is 3. The first-order valence-electron chi connectivity index (χ1n) is 6.65. The quantitative estimate of drug-likeness (QED) is 0.387. The van der Waals surface area contributed by atoms with Crippen LogP contribution in [0.1, 0.15) is 21.5 Å². The maximum absolute atomic E-state index is 6.10.